The molecule has 9 nitrogen and oxygen atoms in total. The Bertz CT molecular complexity index is 553. The van der Waals surface area contributed by atoms with E-state index >= 15 is 0 Å². The normalized spacial score (nSPS) is 30.5. The van der Waals surface area contributed by atoms with Crippen molar-refractivity contribution in [1.29, 1.82) is 0 Å². The van der Waals surface area contributed by atoms with Gasteiger partial charge < -0.3 is 19.7 Å². The average Bonchev–Trinajstić information content (AvgIpc) is 3.24. The summed E-state index contributed by atoms with van der Waals surface area (Å²) in [6, 6.07) is 0. The van der Waals surface area contributed by atoms with E-state index < -0.39 is 37.7 Å². The van der Waals surface area contributed by atoms with Crippen LogP contribution in [0.4, 0.5) is 0 Å². The molecule has 0 spiro atoms. The first kappa shape index (κ1) is 24.2. The Labute approximate surface area is 170 Å². The van der Waals surface area contributed by atoms with Crippen molar-refractivity contribution in [3.05, 3.63) is 0 Å². The Balaban J connectivity index is 1.91. The third kappa shape index (κ3) is 7.34. The van der Waals surface area contributed by atoms with Crippen LogP contribution in [0.1, 0.15) is 33.6 Å². The standard InChI is InChI=1S/C17H31O9PS/c1-17(2,3)16(20)28-9-8-24-27(21,25-11-15-12(19)4-6-23-15)26-13-5-7-22-14(13)10-18/h12-15,18-19H,4-11H2,1-3H3/t12-,13-,14-,15-,27+/m1/s1. The molecule has 0 saturated carbocycles. The van der Waals surface area contributed by atoms with Gasteiger partial charge in [0, 0.05) is 30.8 Å². The molecular formula is C17H31O9PS. The van der Waals surface area contributed by atoms with Crippen LogP contribution in [0.25, 0.3) is 0 Å². The fraction of sp³-hybridized carbons (Fsp3) is 0.941. The zero-order chi connectivity index (χ0) is 20.8. The highest BCUT2D eigenvalue weighted by Gasteiger charge is 2.39. The number of carbonyl (C=O) groups excluding carboxylic acids is 1. The van der Waals surface area contributed by atoms with E-state index in [4.69, 9.17) is 23.0 Å². The quantitative estimate of drug-likeness (QED) is 0.382. The summed E-state index contributed by atoms with van der Waals surface area (Å²) in [6.07, 6.45) is -1.62. The maximum absolute atomic E-state index is 13.1. The van der Waals surface area contributed by atoms with Gasteiger partial charge in [0.25, 0.3) is 0 Å². The van der Waals surface area contributed by atoms with Gasteiger partial charge in [-0.15, -0.1) is 0 Å². The van der Waals surface area contributed by atoms with Crippen LogP contribution < -0.4 is 0 Å². The summed E-state index contributed by atoms with van der Waals surface area (Å²) >= 11 is 1.09. The Hall–Kier alpha value is -0.0300. The van der Waals surface area contributed by atoms with Crippen LogP contribution in [-0.2, 0) is 32.4 Å². The van der Waals surface area contributed by atoms with Crippen LogP contribution >= 0.6 is 19.6 Å². The van der Waals surface area contributed by atoms with Gasteiger partial charge in [-0.2, -0.15) is 0 Å². The largest absolute Gasteiger partial charge is 0.475 e. The maximum atomic E-state index is 13.1. The molecule has 2 rings (SSSR count). The minimum absolute atomic E-state index is 0.000200. The topological polar surface area (TPSA) is 121 Å². The Morgan fingerprint density at radius 1 is 1.18 bits per heavy atom. The second kappa shape index (κ2) is 10.8. The van der Waals surface area contributed by atoms with Gasteiger partial charge in [0.1, 0.15) is 18.3 Å². The van der Waals surface area contributed by atoms with E-state index in [0.717, 1.165) is 11.8 Å². The summed E-state index contributed by atoms with van der Waals surface area (Å²) in [5.74, 6) is 0.292. The number of rotatable bonds is 10. The lowest BCUT2D eigenvalue weighted by atomic mass is 10.00. The zero-order valence-corrected chi connectivity index (χ0v) is 18.3. The highest BCUT2D eigenvalue weighted by molar-refractivity contribution is 8.13. The highest BCUT2D eigenvalue weighted by atomic mass is 32.2. The minimum atomic E-state index is -4.01. The molecule has 11 heteroatoms. The molecule has 2 aliphatic rings. The molecule has 0 amide bonds. The van der Waals surface area contributed by atoms with Crippen molar-refractivity contribution in [1.82, 2.24) is 0 Å². The number of carbonyl (C=O) groups is 1. The second-order valence-electron chi connectivity index (χ2n) is 7.75. The van der Waals surface area contributed by atoms with Crippen LogP contribution in [0.3, 0.4) is 0 Å². The van der Waals surface area contributed by atoms with E-state index in [2.05, 4.69) is 0 Å². The monoisotopic (exact) mass is 442 g/mol. The van der Waals surface area contributed by atoms with Crippen molar-refractivity contribution in [3.8, 4) is 0 Å². The number of phosphoric ester groups is 1. The predicted molar refractivity (Wildman–Crippen MR) is 103 cm³/mol. The average molecular weight is 442 g/mol. The first-order chi connectivity index (χ1) is 13.1. The molecule has 2 N–H and O–H groups in total. The number of phosphoric acid groups is 1. The number of hydrogen-bond acceptors (Lipinski definition) is 10. The molecule has 28 heavy (non-hydrogen) atoms. The Morgan fingerprint density at radius 2 is 1.86 bits per heavy atom. The van der Waals surface area contributed by atoms with Crippen LogP contribution in [0.5, 0.6) is 0 Å². The molecule has 0 radical (unpaired) electrons. The van der Waals surface area contributed by atoms with Crippen molar-refractivity contribution < 1.29 is 42.6 Å². The minimum Gasteiger partial charge on any atom is -0.394 e. The van der Waals surface area contributed by atoms with Crippen molar-refractivity contribution in [2.45, 2.75) is 58.0 Å². The van der Waals surface area contributed by atoms with Gasteiger partial charge in [-0.25, -0.2) is 4.57 Å². The van der Waals surface area contributed by atoms with Gasteiger partial charge in [-0.3, -0.25) is 18.4 Å². The van der Waals surface area contributed by atoms with Gasteiger partial charge in [0.05, 0.1) is 25.9 Å². The molecular weight excluding hydrogens is 411 g/mol. The summed E-state index contributed by atoms with van der Waals surface area (Å²) in [6.45, 7) is 5.79. The molecule has 2 fully saturated rings. The van der Waals surface area contributed by atoms with Crippen molar-refractivity contribution in [2.24, 2.45) is 5.41 Å². The Kier molecular flexibility index (Phi) is 9.38. The maximum Gasteiger partial charge on any atom is 0.475 e. The molecule has 2 saturated heterocycles. The smallest absolute Gasteiger partial charge is 0.394 e. The fourth-order valence-corrected chi connectivity index (χ4v) is 4.97. The van der Waals surface area contributed by atoms with E-state index in [1.165, 1.54) is 0 Å². The molecule has 2 aliphatic heterocycles. The molecule has 0 unspecified atom stereocenters. The summed E-state index contributed by atoms with van der Waals surface area (Å²) in [5.41, 5.74) is -0.479. The lowest BCUT2D eigenvalue weighted by Gasteiger charge is -2.25. The first-order valence-electron chi connectivity index (χ1n) is 9.41. The van der Waals surface area contributed by atoms with Gasteiger partial charge in [-0.1, -0.05) is 32.5 Å². The number of thioether (sulfide) groups is 1. The third-order valence-corrected chi connectivity index (χ3v) is 7.08. The molecule has 164 valence electrons. The number of hydrogen-bond donors (Lipinski definition) is 2. The third-order valence-electron chi connectivity index (χ3n) is 4.34. The SMILES string of the molecule is CC(C)(C)C(=O)SCCO[P@@](=O)(OC[C@H]1OCC[C@H]1O)O[C@@H]1CCO[C@@H]1CO. The van der Waals surface area contributed by atoms with Crippen LogP contribution in [0.2, 0.25) is 0 Å². The van der Waals surface area contributed by atoms with Gasteiger partial charge in [0.2, 0.25) is 0 Å². The van der Waals surface area contributed by atoms with Crippen molar-refractivity contribution >= 4 is 24.7 Å². The van der Waals surface area contributed by atoms with Gasteiger partial charge in [-0.05, 0) is 6.42 Å². The van der Waals surface area contributed by atoms with E-state index in [0.29, 0.717) is 31.8 Å². The van der Waals surface area contributed by atoms with Gasteiger partial charge >= 0.3 is 7.82 Å². The molecule has 0 bridgehead atoms. The molecule has 0 aromatic rings. The zero-order valence-electron chi connectivity index (χ0n) is 16.6. The lowest BCUT2D eigenvalue weighted by molar-refractivity contribution is -0.117. The number of aliphatic hydroxyl groups excluding tert-OH is 2. The molecule has 5 atom stereocenters. The van der Waals surface area contributed by atoms with E-state index in [9.17, 15) is 19.6 Å². The highest BCUT2D eigenvalue weighted by Crippen LogP contribution is 2.52. The Morgan fingerprint density at radius 3 is 2.46 bits per heavy atom. The lowest BCUT2D eigenvalue weighted by Crippen LogP contribution is -2.29. The molecule has 0 aromatic carbocycles. The summed E-state index contributed by atoms with van der Waals surface area (Å²) in [7, 11) is -4.01. The van der Waals surface area contributed by atoms with Crippen LogP contribution in [-0.4, -0.2) is 78.5 Å². The van der Waals surface area contributed by atoms with E-state index in [1.54, 1.807) is 0 Å². The predicted octanol–water partition coefficient (Wildman–Crippen LogP) is 1.75. The number of aliphatic hydroxyl groups is 2. The summed E-state index contributed by atoms with van der Waals surface area (Å²) < 4.78 is 40.2. The number of ether oxygens (including phenoxy) is 2. The van der Waals surface area contributed by atoms with E-state index in [-0.39, 0.29) is 24.9 Å². The molecule has 0 aromatic heterocycles. The second-order valence-corrected chi connectivity index (χ2v) is 10.4. The van der Waals surface area contributed by atoms with Gasteiger partial charge in [0.15, 0.2) is 5.12 Å². The first-order valence-corrected chi connectivity index (χ1v) is 11.9. The summed E-state index contributed by atoms with van der Waals surface area (Å²) in [4.78, 5) is 12.0. The van der Waals surface area contributed by atoms with Crippen LogP contribution in [0.15, 0.2) is 0 Å². The summed E-state index contributed by atoms with van der Waals surface area (Å²) in [5, 5.41) is 19.2. The van der Waals surface area contributed by atoms with E-state index in [1.807, 2.05) is 20.8 Å². The fourth-order valence-electron chi connectivity index (χ4n) is 2.64. The van der Waals surface area contributed by atoms with Crippen molar-refractivity contribution in [3.63, 3.8) is 0 Å². The van der Waals surface area contributed by atoms with Crippen LogP contribution in [0, 0.1) is 5.41 Å². The molecule has 2 heterocycles. The van der Waals surface area contributed by atoms with Crippen molar-refractivity contribution in [2.75, 3.05) is 38.8 Å². The molecule has 0 aliphatic carbocycles.